The first-order valence-corrected chi connectivity index (χ1v) is 8.28. The Balaban J connectivity index is 2.04. The van der Waals surface area contributed by atoms with Crippen LogP contribution in [0.1, 0.15) is 16.8 Å². The number of hydrogen-bond acceptors (Lipinski definition) is 4. The monoisotopic (exact) mass is 380 g/mol. The maximum atomic E-state index is 13.3. The average Bonchev–Trinajstić information content (AvgIpc) is 2.52. The highest BCUT2D eigenvalue weighted by Gasteiger charge is 2.65. The smallest absolute Gasteiger partial charge is 0.431 e. The van der Waals surface area contributed by atoms with Crippen molar-refractivity contribution in [3.63, 3.8) is 0 Å². The van der Waals surface area contributed by atoms with Gasteiger partial charge in [-0.2, -0.15) is 26.0 Å². The number of carbonyl (C=O) groups is 1. The Morgan fingerprint density at radius 3 is 2.24 bits per heavy atom. The van der Waals surface area contributed by atoms with E-state index < -0.39 is 40.3 Å². The standard InChI is InChI=1S/C15H12F4O5S/c16-14(17,15(18,19)25(21,22)23)7-8-24-13(20)12-6-5-10-3-1-2-4-11(10)9-12/h1-6,9H,7-8H2,(H,21,22,23). The van der Waals surface area contributed by atoms with Crippen LogP contribution in [0.5, 0.6) is 0 Å². The molecule has 0 heterocycles. The molecule has 1 N–H and O–H groups in total. The van der Waals surface area contributed by atoms with E-state index in [4.69, 9.17) is 4.55 Å². The van der Waals surface area contributed by atoms with Gasteiger partial charge < -0.3 is 4.74 Å². The van der Waals surface area contributed by atoms with Crippen molar-refractivity contribution in [1.29, 1.82) is 0 Å². The molecule has 136 valence electrons. The van der Waals surface area contributed by atoms with Gasteiger partial charge in [-0.1, -0.05) is 30.3 Å². The molecule has 0 saturated carbocycles. The molecule has 0 saturated heterocycles. The molecule has 25 heavy (non-hydrogen) atoms. The first-order chi connectivity index (χ1) is 11.5. The molecule has 2 rings (SSSR count). The second-order valence-corrected chi connectivity index (χ2v) is 6.61. The van der Waals surface area contributed by atoms with Gasteiger partial charge in [0.25, 0.3) is 0 Å². The molecule has 0 aliphatic rings. The molecule has 0 fully saturated rings. The molecule has 0 aromatic heterocycles. The highest BCUT2D eigenvalue weighted by atomic mass is 32.2. The lowest BCUT2D eigenvalue weighted by molar-refractivity contribution is -0.168. The van der Waals surface area contributed by atoms with Crippen LogP contribution in [-0.2, 0) is 14.9 Å². The predicted molar refractivity (Wildman–Crippen MR) is 80.3 cm³/mol. The van der Waals surface area contributed by atoms with E-state index in [1.165, 1.54) is 12.1 Å². The number of carbonyl (C=O) groups excluding carboxylic acids is 1. The molecule has 0 atom stereocenters. The van der Waals surface area contributed by atoms with Crippen molar-refractivity contribution in [3.8, 4) is 0 Å². The molecule has 0 aliphatic heterocycles. The normalized spacial score (nSPS) is 13.0. The van der Waals surface area contributed by atoms with Crippen LogP contribution in [0.2, 0.25) is 0 Å². The highest BCUT2D eigenvalue weighted by molar-refractivity contribution is 7.87. The summed E-state index contributed by atoms with van der Waals surface area (Å²) in [4.78, 5) is 11.8. The summed E-state index contributed by atoms with van der Waals surface area (Å²) in [5, 5.41) is -4.19. The number of ether oxygens (including phenoxy) is 1. The molecule has 5 nitrogen and oxygen atoms in total. The van der Waals surface area contributed by atoms with Crippen molar-refractivity contribution >= 4 is 26.9 Å². The zero-order valence-corrected chi connectivity index (χ0v) is 13.3. The zero-order valence-electron chi connectivity index (χ0n) is 12.5. The summed E-state index contributed by atoms with van der Waals surface area (Å²) in [6.07, 6.45) is -1.78. The van der Waals surface area contributed by atoms with Gasteiger partial charge in [0.1, 0.15) is 0 Å². The van der Waals surface area contributed by atoms with Gasteiger partial charge in [-0.15, -0.1) is 0 Å². The Hall–Kier alpha value is -2.20. The fraction of sp³-hybridized carbons (Fsp3) is 0.267. The quantitative estimate of drug-likeness (QED) is 0.471. The van der Waals surface area contributed by atoms with E-state index >= 15 is 0 Å². The van der Waals surface area contributed by atoms with Crippen LogP contribution in [0.3, 0.4) is 0 Å². The van der Waals surface area contributed by atoms with Crippen molar-refractivity contribution in [1.82, 2.24) is 0 Å². The molecular weight excluding hydrogens is 368 g/mol. The highest BCUT2D eigenvalue weighted by Crippen LogP contribution is 2.40. The second kappa shape index (κ2) is 6.60. The van der Waals surface area contributed by atoms with E-state index in [1.54, 1.807) is 30.3 Å². The lowest BCUT2D eigenvalue weighted by Crippen LogP contribution is -2.47. The minimum atomic E-state index is -6.31. The van der Waals surface area contributed by atoms with Crippen molar-refractivity contribution in [2.45, 2.75) is 17.6 Å². The molecule has 0 spiro atoms. The van der Waals surface area contributed by atoms with Crippen molar-refractivity contribution in [2.75, 3.05) is 6.61 Å². The minimum Gasteiger partial charge on any atom is -0.462 e. The molecule has 0 unspecified atom stereocenters. The molecule has 0 radical (unpaired) electrons. The lowest BCUT2D eigenvalue weighted by Gasteiger charge is -2.23. The molecule has 2 aromatic carbocycles. The third-order valence-electron chi connectivity index (χ3n) is 3.38. The number of benzene rings is 2. The van der Waals surface area contributed by atoms with Gasteiger partial charge in [-0.05, 0) is 22.9 Å². The minimum absolute atomic E-state index is 0.0172. The van der Waals surface area contributed by atoms with Crippen LogP contribution in [0.25, 0.3) is 10.8 Å². The SMILES string of the molecule is O=C(OCCC(F)(F)C(F)(F)S(=O)(=O)O)c1ccc2ccccc2c1. The summed E-state index contributed by atoms with van der Waals surface area (Å²) >= 11 is 0. The summed E-state index contributed by atoms with van der Waals surface area (Å²) < 4.78 is 86.0. The molecule has 0 bridgehead atoms. The predicted octanol–water partition coefficient (Wildman–Crippen LogP) is 3.50. The average molecular weight is 380 g/mol. The van der Waals surface area contributed by atoms with Gasteiger partial charge in [-0.3, -0.25) is 4.55 Å². The Morgan fingerprint density at radius 2 is 1.64 bits per heavy atom. The van der Waals surface area contributed by atoms with Crippen molar-refractivity contribution in [2.24, 2.45) is 0 Å². The number of esters is 1. The van der Waals surface area contributed by atoms with Crippen LogP contribution in [0, 0.1) is 0 Å². The Morgan fingerprint density at radius 1 is 1.04 bits per heavy atom. The van der Waals surface area contributed by atoms with E-state index in [0.29, 0.717) is 5.39 Å². The maximum absolute atomic E-state index is 13.3. The van der Waals surface area contributed by atoms with E-state index in [9.17, 15) is 30.8 Å². The molecule has 2 aromatic rings. The Kier molecular flexibility index (Phi) is 5.05. The van der Waals surface area contributed by atoms with E-state index in [2.05, 4.69) is 4.74 Å². The summed E-state index contributed by atoms with van der Waals surface area (Å²) in [5.74, 6) is -6.14. The van der Waals surface area contributed by atoms with Gasteiger partial charge in [0, 0.05) is 0 Å². The van der Waals surface area contributed by atoms with Crippen LogP contribution in [-0.4, -0.2) is 36.7 Å². The van der Waals surface area contributed by atoms with E-state index in [0.717, 1.165) is 5.39 Å². The number of alkyl halides is 4. The summed E-state index contributed by atoms with van der Waals surface area (Å²) in [5.41, 5.74) is 0.0172. The fourth-order valence-electron chi connectivity index (χ4n) is 2.01. The second-order valence-electron chi connectivity index (χ2n) is 5.14. The molecule has 0 aliphatic carbocycles. The fourth-order valence-corrected chi connectivity index (χ4v) is 2.49. The molecule has 0 amide bonds. The lowest BCUT2D eigenvalue weighted by atomic mass is 10.1. The first kappa shape index (κ1) is 19.1. The van der Waals surface area contributed by atoms with Crippen LogP contribution >= 0.6 is 0 Å². The first-order valence-electron chi connectivity index (χ1n) is 6.84. The largest absolute Gasteiger partial charge is 0.462 e. The summed E-state index contributed by atoms with van der Waals surface area (Å²) in [6.45, 7) is -1.16. The molecular formula is C15H12F4O5S. The summed E-state index contributed by atoms with van der Waals surface area (Å²) in [6, 6.07) is 11.4. The van der Waals surface area contributed by atoms with Gasteiger partial charge in [-0.25, -0.2) is 4.79 Å². The van der Waals surface area contributed by atoms with Crippen LogP contribution in [0.15, 0.2) is 42.5 Å². The number of halogens is 4. The van der Waals surface area contributed by atoms with Crippen LogP contribution < -0.4 is 0 Å². The topological polar surface area (TPSA) is 80.7 Å². The summed E-state index contributed by atoms with van der Waals surface area (Å²) in [7, 11) is -6.31. The third kappa shape index (κ3) is 3.90. The van der Waals surface area contributed by atoms with Crippen molar-refractivity contribution in [3.05, 3.63) is 48.0 Å². The Labute approximate surface area is 140 Å². The number of hydrogen-bond donors (Lipinski definition) is 1. The number of rotatable bonds is 6. The number of fused-ring (bicyclic) bond motifs is 1. The van der Waals surface area contributed by atoms with Gasteiger partial charge in [0.15, 0.2) is 0 Å². The molecule has 10 heteroatoms. The van der Waals surface area contributed by atoms with E-state index in [1.807, 2.05) is 0 Å². The Bertz CT molecular complexity index is 896. The zero-order chi connectivity index (χ0) is 18.9. The van der Waals surface area contributed by atoms with Gasteiger partial charge in [0.05, 0.1) is 18.6 Å². The van der Waals surface area contributed by atoms with Gasteiger partial charge >= 0.3 is 27.3 Å². The third-order valence-corrected chi connectivity index (χ3v) is 4.33. The van der Waals surface area contributed by atoms with Gasteiger partial charge in [0.2, 0.25) is 0 Å². The van der Waals surface area contributed by atoms with Crippen molar-refractivity contribution < 1.29 is 40.1 Å². The van der Waals surface area contributed by atoms with E-state index in [-0.39, 0.29) is 5.56 Å². The van der Waals surface area contributed by atoms with Crippen LogP contribution in [0.4, 0.5) is 17.6 Å². The maximum Gasteiger partial charge on any atom is 0.431 e.